The molecule has 57 heavy (non-hydrogen) atoms. The van der Waals surface area contributed by atoms with E-state index in [1.54, 1.807) is 0 Å². The maximum atomic E-state index is 9.92. The fourth-order valence-corrected chi connectivity index (χ4v) is 9.37. The molecule has 8 nitrogen and oxygen atoms in total. The number of anilines is 3. The van der Waals surface area contributed by atoms with Crippen molar-refractivity contribution in [3.63, 3.8) is 0 Å². The van der Waals surface area contributed by atoms with Crippen LogP contribution in [-0.2, 0) is 5.41 Å². The molecule has 1 aliphatic carbocycles. The van der Waals surface area contributed by atoms with E-state index in [9.17, 15) is 10.5 Å². The zero-order valence-electron chi connectivity index (χ0n) is 30.0. The van der Waals surface area contributed by atoms with Crippen molar-refractivity contribution >= 4 is 38.9 Å². The number of benzene rings is 6. The summed E-state index contributed by atoms with van der Waals surface area (Å²) < 4.78 is 15.7. The van der Waals surface area contributed by atoms with Gasteiger partial charge in [0.25, 0.3) is 0 Å². The van der Waals surface area contributed by atoms with Crippen molar-refractivity contribution in [2.75, 3.05) is 4.90 Å². The van der Waals surface area contributed by atoms with E-state index in [0.717, 1.165) is 89.7 Å². The first-order valence-corrected chi connectivity index (χ1v) is 18.6. The predicted molar refractivity (Wildman–Crippen MR) is 218 cm³/mol. The van der Waals surface area contributed by atoms with Crippen LogP contribution in [-0.4, -0.2) is 14.5 Å². The first kappa shape index (κ1) is 31.2. The monoisotopic (exact) mass is 730 g/mol. The molecule has 1 spiro atoms. The van der Waals surface area contributed by atoms with Gasteiger partial charge in [-0.15, -0.1) is 0 Å². The van der Waals surface area contributed by atoms with Gasteiger partial charge in [-0.1, -0.05) is 48.5 Å². The van der Waals surface area contributed by atoms with Gasteiger partial charge in [-0.05, 0) is 102 Å². The molecule has 9 aromatic rings. The molecule has 0 radical (unpaired) electrons. The summed E-state index contributed by atoms with van der Waals surface area (Å²) in [6.45, 7) is 0. The summed E-state index contributed by atoms with van der Waals surface area (Å²) in [4.78, 5) is 12.2. The average Bonchev–Trinajstić information content (AvgIpc) is 3.74. The topological polar surface area (TPSA) is 100.0 Å². The molecule has 264 valence electrons. The van der Waals surface area contributed by atoms with Crippen molar-refractivity contribution in [1.82, 2.24) is 14.5 Å². The molecule has 0 atom stereocenters. The van der Waals surface area contributed by atoms with Gasteiger partial charge in [0.1, 0.15) is 11.5 Å². The molecule has 0 saturated carbocycles. The van der Waals surface area contributed by atoms with Crippen molar-refractivity contribution < 1.29 is 9.47 Å². The summed E-state index contributed by atoms with van der Waals surface area (Å²) in [5.41, 5.74) is 11.3. The lowest BCUT2D eigenvalue weighted by molar-refractivity contribution is 0.435. The van der Waals surface area contributed by atoms with Gasteiger partial charge in [-0.25, -0.2) is 0 Å². The second kappa shape index (κ2) is 11.4. The molecule has 2 aliphatic heterocycles. The van der Waals surface area contributed by atoms with Gasteiger partial charge in [0.05, 0.1) is 73.9 Å². The van der Waals surface area contributed by atoms with E-state index in [1.165, 1.54) is 0 Å². The molecule has 0 unspecified atom stereocenters. The van der Waals surface area contributed by atoms with Gasteiger partial charge in [0.15, 0.2) is 11.5 Å². The fraction of sp³-hybridized carbons (Fsp3) is 0.0204. The number of pyridine rings is 2. The number of fused-ring (bicyclic) bond motifs is 14. The molecule has 0 N–H and O–H groups in total. The normalized spacial score (nSPS) is 13.6. The van der Waals surface area contributed by atoms with Crippen LogP contribution in [0.2, 0.25) is 0 Å². The first-order valence-electron chi connectivity index (χ1n) is 18.6. The number of ether oxygens (including phenoxy) is 2. The van der Waals surface area contributed by atoms with E-state index in [2.05, 4.69) is 70.1 Å². The second-order valence-corrected chi connectivity index (χ2v) is 14.4. The van der Waals surface area contributed by atoms with E-state index in [4.69, 9.17) is 19.4 Å². The number of para-hydroxylation sites is 4. The SMILES string of the molecule is N#Cc1ccc2c(c1)c1cc(C#N)ccc1n2-c1cccc2c1C1(c3ccc(N4c5ccccc5Oc5ccccc54)cc3O2)c2cccnc2-c2ncccc21. The number of aromatic nitrogens is 3. The standard InChI is InChI=1S/C49H26N6O2/c50-27-29-16-20-37-32(24-29)33-25-30(28-51)17-21-38(33)55(37)41-12-5-15-44-46(41)49(35-8-6-22-52-47(35)48-36(49)9-7-23-53-48)34-19-18-31(26-45(34)57-44)54-39-10-1-3-13-42(39)56-43-14-4-2-11-40(43)54/h1-26H. The molecule has 12 rings (SSSR count). The average molecular weight is 731 g/mol. The molecular weight excluding hydrogens is 705 g/mol. The lowest BCUT2D eigenvalue weighted by Crippen LogP contribution is -2.34. The van der Waals surface area contributed by atoms with E-state index in [1.807, 2.05) is 109 Å². The van der Waals surface area contributed by atoms with E-state index in [0.29, 0.717) is 22.6 Å². The Morgan fingerprint density at radius 3 is 1.67 bits per heavy atom. The molecule has 3 aromatic heterocycles. The van der Waals surface area contributed by atoms with E-state index in [-0.39, 0.29) is 0 Å². The first-order chi connectivity index (χ1) is 28.2. The number of hydrogen-bond donors (Lipinski definition) is 0. The third-order valence-corrected chi connectivity index (χ3v) is 11.6. The largest absolute Gasteiger partial charge is 0.457 e. The van der Waals surface area contributed by atoms with E-state index >= 15 is 0 Å². The zero-order chi connectivity index (χ0) is 37.8. The van der Waals surface area contributed by atoms with Gasteiger partial charge in [0, 0.05) is 40.4 Å². The molecule has 0 fully saturated rings. The third kappa shape index (κ3) is 4.08. The number of nitriles is 2. The quantitative estimate of drug-likeness (QED) is 0.174. The summed E-state index contributed by atoms with van der Waals surface area (Å²) in [5.74, 6) is 2.95. The lowest BCUT2D eigenvalue weighted by Gasteiger charge is -2.41. The summed E-state index contributed by atoms with van der Waals surface area (Å²) >= 11 is 0. The Morgan fingerprint density at radius 2 is 1.05 bits per heavy atom. The number of hydrogen-bond acceptors (Lipinski definition) is 7. The van der Waals surface area contributed by atoms with Crippen molar-refractivity contribution in [3.8, 4) is 52.2 Å². The summed E-state index contributed by atoms with van der Waals surface area (Å²) in [5, 5.41) is 21.6. The van der Waals surface area contributed by atoms with Gasteiger partial charge in [-0.2, -0.15) is 10.5 Å². The highest BCUT2D eigenvalue weighted by Gasteiger charge is 2.54. The highest BCUT2D eigenvalue weighted by atomic mass is 16.5. The summed E-state index contributed by atoms with van der Waals surface area (Å²) in [7, 11) is 0. The minimum absolute atomic E-state index is 0.546. The van der Waals surface area contributed by atoms with Crippen LogP contribution < -0.4 is 14.4 Å². The van der Waals surface area contributed by atoms with Crippen molar-refractivity contribution in [2.24, 2.45) is 0 Å². The minimum Gasteiger partial charge on any atom is -0.457 e. The highest BCUT2D eigenvalue weighted by molar-refractivity contribution is 6.10. The fourth-order valence-electron chi connectivity index (χ4n) is 9.37. The van der Waals surface area contributed by atoms with Crippen LogP contribution in [0.1, 0.15) is 33.4 Å². The maximum Gasteiger partial charge on any atom is 0.151 e. The van der Waals surface area contributed by atoms with Crippen LogP contribution in [0.25, 0.3) is 38.9 Å². The molecule has 5 heterocycles. The van der Waals surface area contributed by atoms with Crippen LogP contribution in [0.15, 0.2) is 158 Å². The maximum absolute atomic E-state index is 9.92. The Kier molecular flexibility index (Phi) is 6.24. The highest BCUT2D eigenvalue weighted by Crippen LogP contribution is 2.63. The molecule has 0 bridgehead atoms. The molecule has 3 aliphatic rings. The third-order valence-electron chi connectivity index (χ3n) is 11.6. The van der Waals surface area contributed by atoms with Crippen LogP contribution in [0.4, 0.5) is 17.1 Å². The van der Waals surface area contributed by atoms with Gasteiger partial charge >= 0.3 is 0 Å². The lowest BCUT2D eigenvalue weighted by atomic mass is 9.65. The van der Waals surface area contributed by atoms with Crippen LogP contribution in [0.5, 0.6) is 23.0 Å². The van der Waals surface area contributed by atoms with E-state index < -0.39 is 5.41 Å². The van der Waals surface area contributed by atoms with Gasteiger partial charge < -0.3 is 18.9 Å². The van der Waals surface area contributed by atoms with Crippen molar-refractivity contribution in [2.45, 2.75) is 5.41 Å². The predicted octanol–water partition coefficient (Wildman–Crippen LogP) is 11.4. The second-order valence-electron chi connectivity index (χ2n) is 14.4. The summed E-state index contributed by atoms with van der Waals surface area (Å²) in [6.07, 6.45) is 3.65. The van der Waals surface area contributed by atoms with Gasteiger partial charge in [-0.3, -0.25) is 9.97 Å². The Hall–Kier alpha value is -8.20. The van der Waals surface area contributed by atoms with Crippen LogP contribution in [0, 0.1) is 22.7 Å². The Labute approximate surface area is 326 Å². The molecule has 0 saturated heterocycles. The number of rotatable bonds is 2. The number of nitrogens with zero attached hydrogens (tertiary/aromatic N) is 6. The van der Waals surface area contributed by atoms with Crippen molar-refractivity contribution in [1.29, 1.82) is 10.5 Å². The zero-order valence-corrected chi connectivity index (χ0v) is 30.0. The molecule has 0 amide bonds. The Bertz CT molecular complexity index is 3150. The molecule has 6 aromatic carbocycles. The summed E-state index contributed by atoms with van der Waals surface area (Å²) in [6, 6.07) is 53.2. The smallest absolute Gasteiger partial charge is 0.151 e. The van der Waals surface area contributed by atoms with Crippen molar-refractivity contribution in [3.05, 3.63) is 191 Å². The Morgan fingerprint density at radius 1 is 0.491 bits per heavy atom. The van der Waals surface area contributed by atoms with Gasteiger partial charge in [0.2, 0.25) is 0 Å². The molecular formula is C49H26N6O2. The Balaban J connectivity index is 1.18. The molecule has 8 heteroatoms. The van der Waals surface area contributed by atoms with Crippen LogP contribution >= 0.6 is 0 Å². The van der Waals surface area contributed by atoms with Crippen LogP contribution in [0.3, 0.4) is 0 Å². The minimum atomic E-state index is -0.895.